The zero-order valence-electron chi connectivity index (χ0n) is 5.80. The molecule has 1 aliphatic heterocycles. The third-order valence-corrected chi connectivity index (χ3v) is 2.89. The maximum atomic E-state index is 5.81. The van der Waals surface area contributed by atoms with Gasteiger partial charge in [0.15, 0.2) is 0 Å². The normalized spacial score (nSPS) is 56.7. The molecule has 1 aliphatic carbocycles. The highest BCUT2D eigenvalue weighted by Gasteiger charge is 2.45. The lowest BCUT2D eigenvalue weighted by atomic mass is 9.69. The zero-order valence-corrected chi connectivity index (χ0v) is 5.80. The van der Waals surface area contributed by atoms with E-state index >= 15 is 0 Å². The topological polar surface area (TPSA) is 38.0 Å². The smallest absolute Gasteiger partial charge is 0.00882 e. The van der Waals surface area contributed by atoms with Crippen molar-refractivity contribution in [2.24, 2.45) is 17.6 Å². The minimum Gasteiger partial charge on any atom is -0.327 e. The molecule has 2 aliphatic rings. The standard InChI is InChI=1S/C7H14N2/c1-4-7-5(3-9-4)2-6(7)8/h4-7,9H,2-3,8H2,1H3/t4-,5+,6+,7-/m0/s1. The molecule has 0 aromatic rings. The SMILES string of the molecule is C[C@@H]1NC[C@H]2C[C@@H](N)[C@H]21. The molecule has 9 heavy (non-hydrogen) atoms. The van der Waals surface area contributed by atoms with Crippen molar-refractivity contribution < 1.29 is 0 Å². The van der Waals surface area contributed by atoms with Crippen LogP contribution in [0, 0.1) is 11.8 Å². The molecule has 1 heterocycles. The van der Waals surface area contributed by atoms with Crippen LogP contribution in [0.4, 0.5) is 0 Å². The van der Waals surface area contributed by atoms with Gasteiger partial charge in [-0.1, -0.05) is 0 Å². The molecule has 2 heteroatoms. The van der Waals surface area contributed by atoms with Crippen molar-refractivity contribution in [3.05, 3.63) is 0 Å². The first-order chi connectivity index (χ1) is 4.29. The number of nitrogens with two attached hydrogens (primary N) is 1. The van der Waals surface area contributed by atoms with E-state index in [-0.39, 0.29) is 0 Å². The summed E-state index contributed by atoms with van der Waals surface area (Å²) in [5, 5.41) is 3.43. The Kier molecular flexibility index (Phi) is 1.08. The van der Waals surface area contributed by atoms with E-state index in [1.807, 2.05) is 0 Å². The van der Waals surface area contributed by atoms with E-state index in [0.717, 1.165) is 11.8 Å². The first-order valence-corrected chi connectivity index (χ1v) is 3.78. The highest BCUT2D eigenvalue weighted by atomic mass is 15.0. The molecule has 0 aromatic carbocycles. The third kappa shape index (κ3) is 0.634. The first-order valence-electron chi connectivity index (χ1n) is 3.78. The van der Waals surface area contributed by atoms with E-state index in [1.165, 1.54) is 13.0 Å². The second-order valence-corrected chi connectivity index (χ2v) is 3.43. The fourth-order valence-electron chi connectivity index (χ4n) is 2.29. The fraction of sp³-hybridized carbons (Fsp3) is 1.00. The van der Waals surface area contributed by atoms with Gasteiger partial charge in [-0.25, -0.2) is 0 Å². The van der Waals surface area contributed by atoms with Crippen LogP contribution in [-0.4, -0.2) is 18.6 Å². The fourth-order valence-corrected chi connectivity index (χ4v) is 2.29. The van der Waals surface area contributed by atoms with Gasteiger partial charge in [0.05, 0.1) is 0 Å². The maximum Gasteiger partial charge on any atom is 0.00882 e. The molecule has 2 fully saturated rings. The van der Waals surface area contributed by atoms with Crippen LogP contribution in [0.25, 0.3) is 0 Å². The summed E-state index contributed by atoms with van der Waals surface area (Å²) in [6.45, 7) is 3.45. The molecule has 0 radical (unpaired) electrons. The van der Waals surface area contributed by atoms with Gasteiger partial charge in [0.1, 0.15) is 0 Å². The van der Waals surface area contributed by atoms with Crippen LogP contribution in [0.5, 0.6) is 0 Å². The van der Waals surface area contributed by atoms with Crippen LogP contribution < -0.4 is 11.1 Å². The molecule has 1 saturated carbocycles. The number of hydrogen-bond donors (Lipinski definition) is 2. The van der Waals surface area contributed by atoms with Crippen molar-refractivity contribution in [2.45, 2.75) is 25.4 Å². The highest BCUT2D eigenvalue weighted by molar-refractivity contribution is 5.02. The molecule has 2 nitrogen and oxygen atoms in total. The minimum absolute atomic E-state index is 0.500. The van der Waals surface area contributed by atoms with Crippen molar-refractivity contribution in [1.29, 1.82) is 0 Å². The maximum absolute atomic E-state index is 5.81. The van der Waals surface area contributed by atoms with E-state index in [1.54, 1.807) is 0 Å². The summed E-state index contributed by atoms with van der Waals surface area (Å²) < 4.78 is 0. The van der Waals surface area contributed by atoms with Gasteiger partial charge in [-0.2, -0.15) is 0 Å². The molecule has 0 spiro atoms. The molecular weight excluding hydrogens is 112 g/mol. The van der Waals surface area contributed by atoms with Crippen LogP contribution in [-0.2, 0) is 0 Å². The lowest BCUT2D eigenvalue weighted by Gasteiger charge is -2.38. The van der Waals surface area contributed by atoms with Crippen molar-refractivity contribution in [3.63, 3.8) is 0 Å². The zero-order chi connectivity index (χ0) is 6.43. The Hall–Kier alpha value is -0.0800. The quantitative estimate of drug-likeness (QED) is 0.477. The van der Waals surface area contributed by atoms with E-state index in [9.17, 15) is 0 Å². The first kappa shape index (κ1) is 5.69. The molecule has 0 unspecified atom stereocenters. The van der Waals surface area contributed by atoms with Gasteiger partial charge in [-0.05, 0) is 31.7 Å². The number of nitrogens with one attached hydrogen (secondary N) is 1. The van der Waals surface area contributed by atoms with Crippen LogP contribution in [0.2, 0.25) is 0 Å². The summed E-state index contributed by atoms with van der Waals surface area (Å²) in [5.41, 5.74) is 5.81. The van der Waals surface area contributed by atoms with Crippen molar-refractivity contribution in [2.75, 3.05) is 6.54 Å². The lowest BCUT2D eigenvalue weighted by Crippen LogP contribution is -2.49. The number of hydrogen-bond acceptors (Lipinski definition) is 2. The molecule has 52 valence electrons. The van der Waals surface area contributed by atoms with Crippen LogP contribution in [0.15, 0.2) is 0 Å². The van der Waals surface area contributed by atoms with Gasteiger partial charge < -0.3 is 11.1 Å². The summed E-state index contributed by atoms with van der Waals surface area (Å²) in [6.07, 6.45) is 1.25. The van der Waals surface area contributed by atoms with Gasteiger partial charge in [0.2, 0.25) is 0 Å². The largest absolute Gasteiger partial charge is 0.327 e. The number of rotatable bonds is 0. The van der Waals surface area contributed by atoms with Gasteiger partial charge >= 0.3 is 0 Å². The summed E-state index contributed by atoms with van der Waals surface area (Å²) in [4.78, 5) is 0. The van der Waals surface area contributed by atoms with E-state index in [2.05, 4.69) is 12.2 Å². The van der Waals surface area contributed by atoms with E-state index < -0.39 is 0 Å². The van der Waals surface area contributed by atoms with Gasteiger partial charge in [0.25, 0.3) is 0 Å². The Bertz CT molecular complexity index is 115. The Morgan fingerprint density at radius 3 is 2.78 bits per heavy atom. The summed E-state index contributed by atoms with van der Waals surface area (Å²) in [5.74, 6) is 1.71. The minimum atomic E-state index is 0.500. The Balaban J connectivity index is 2.06. The average Bonchev–Trinajstić information content (AvgIpc) is 2.04. The molecular formula is C7H14N2. The average molecular weight is 126 g/mol. The Morgan fingerprint density at radius 1 is 1.56 bits per heavy atom. The predicted molar refractivity (Wildman–Crippen MR) is 37.0 cm³/mol. The Labute approximate surface area is 55.8 Å². The summed E-state index contributed by atoms with van der Waals surface area (Å²) >= 11 is 0. The van der Waals surface area contributed by atoms with E-state index in [0.29, 0.717) is 12.1 Å². The lowest BCUT2D eigenvalue weighted by molar-refractivity contribution is 0.169. The third-order valence-electron chi connectivity index (χ3n) is 2.89. The second kappa shape index (κ2) is 1.70. The van der Waals surface area contributed by atoms with Crippen molar-refractivity contribution >= 4 is 0 Å². The monoisotopic (exact) mass is 126 g/mol. The van der Waals surface area contributed by atoms with Gasteiger partial charge in [-0.15, -0.1) is 0 Å². The molecule has 4 atom stereocenters. The molecule has 2 rings (SSSR count). The predicted octanol–water partition coefficient (Wildman–Crippen LogP) is -0.0585. The van der Waals surface area contributed by atoms with Crippen LogP contribution >= 0.6 is 0 Å². The van der Waals surface area contributed by atoms with Crippen molar-refractivity contribution in [3.8, 4) is 0 Å². The van der Waals surface area contributed by atoms with E-state index in [4.69, 9.17) is 5.73 Å². The van der Waals surface area contributed by atoms with Crippen LogP contribution in [0.3, 0.4) is 0 Å². The molecule has 0 aromatic heterocycles. The molecule has 3 N–H and O–H groups in total. The second-order valence-electron chi connectivity index (χ2n) is 3.43. The molecule has 0 bridgehead atoms. The van der Waals surface area contributed by atoms with Gasteiger partial charge in [0, 0.05) is 12.1 Å². The highest BCUT2D eigenvalue weighted by Crippen LogP contribution is 2.39. The molecule has 0 amide bonds. The summed E-state index contributed by atoms with van der Waals surface area (Å²) in [6, 6.07) is 1.18. The summed E-state index contributed by atoms with van der Waals surface area (Å²) in [7, 11) is 0. The number of fused-ring (bicyclic) bond motifs is 1. The van der Waals surface area contributed by atoms with Crippen LogP contribution in [0.1, 0.15) is 13.3 Å². The van der Waals surface area contributed by atoms with Crippen molar-refractivity contribution in [1.82, 2.24) is 5.32 Å². The Morgan fingerprint density at radius 2 is 2.33 bits per heavy atom. The van der Waals surface area contributed by atoms with Gasteiger partial charge in [-0.3, -0.25) is 0 Å². The molecule has 1 saturated heterocycles.